The van der Waals surface area contributed by atoms with Gasteiger partial charge in [-0.15, -0.1) is 0 Å². The van der Waals surface area contributed by atoms with Crippen molar-refractivity contribution in [2.45, 2.75) is 13.3 Å². The van der Waals surface area contributed by atoms with Crippen LogP contribution in [0.25, 0.3) is 0 Å². The molecule has 0 amide bonds. The van der Waals surface area contributed by atoms with Crippen molar-refractivity contribution in [3.63, 3.8) is 0 Å². The average molecular weight is 297 g/mol. The van der Waals surface area contributed by atoms with Crippen molar-refractivity contribution >= 4 is 29.0 Å². The standard InChI is InChI=1S/C15H11Cl2FO/c1-9-6-11(13(17)8-14(9)18)15(19)7-10-4-2-3-5-12(10)16/h2-6,8H,7H2,1H3. The third-order valence-electron chi connectivity index (χ3n) is 2.86. The van der Waals surface area contributed by atoms with Crippen molar-refractivity contribution in [1.82, 2.24) is 0 Å². The Morgan fingerprint density at radius 2 is 1.84 bits per heavy atom. The monoisotopic (exact) mass is 296 g/mol. The van der Waals surface area contributed by atoms with E-state index in [4.69, 9.17) is 23.2 Å². The summed E-state index contributed by atoms with van der Waals surface area (Å²) in [5.74, 6) is -0.597. The molecule has 0 unspecified atom stereocenters. The normalized spacial score (nSPS) is 10.5. The van der Waals surface area contributed by atoms with Gasteiger partial charge in [0.1, 0.15) is 5.82 Å². The van der Waals surface area contributed by atoms with E-state index in [1.807, 2.05) is 6.07 Å². The molecule has 0 N–H and O–H groups in total. The summed E-state index contributed by atoms with van der Waals surface area (Å²) in [6, 6.07) is 9.75. The fourth-order valence-electron chi connectivity index (χ4n) is 1.78. The van der Waals surface area contributed by atoms with E-state index in [0.717, 1.165) is 11.6 Å². The Morgan fingerprint density at radius 1 is 1.16 bits per heavy atom. The van der Waals surface area contributed by atoms with Gasteiger partial charge in [0.05, 0.1) is 5.02 Å². The summed E-state index contributed by atoms with van der Waals surface area (Å²) in [5.41, 5.74) is 1.44. The second-order valence-electron chi connectivity index (χ2n) is 4.27. The largest absolute Gasteiger partial charge is 0.294 e. The number of halogens is 3. The van der Waals surface area contributed by atoms with Gasteiger partial charge in [-0.2, -0.15) is 0 Å². The highest BCUT2D eigenvalue weighted by molar-refractivity contribution is 6.34. The molecule has 4 heteroatoms. The molecule has 0 atom stereocenters. The lowest BCUT2D eigenvalue weighted by molar-refractivity contribution is 0.0993. The molecule has 19 heavy (non-hydrogen) atoms. The summed E-state index contributed by atoms with van der Waals surface area (Å²) in [7, 11) is 0. The minimum absolute atomic E-state index is 0.125. The van der Waals surface area contributed by atoms with Gasteiger partial charge in [0.15, 0.2) is 5.78 Å². The first kappa shape index (κ1) is 14.0. The van der Waals surface area contributed by atoms with Crippen molar-refractivity contribution in [2.24, 2.45) is 0 Å². The zero-order chi connectivity index (χ0) is 14.0. The third-order valence-corrected chi connectivity index (χ3v) is 3.54. The number of rotatable bonds is 3. The highest BCUT2D eigenvalue weighted by atomic mass is 35.5. The van der Waals surface area contributed by atoms with Crippen molar-refractivity contribution in [3.8, 4) is 0 Å². The number of Topliss-reactive ketones (excluding diaryl/α,β-unsaturated/α-hetero) is 1. The third kappa shape index (κ3) is 3.14. The molecule has 0 bridgehead atoms. The highest BCUT2D eigenvalue weighted by Gasteiger charge is 2.14. The maximum Gasteiger partial charge on any atom is 0.168 e. The van der Waals surface area contributed by atoms with Gasteiger partial charge in [0.2, 0.25) is 0 Å². The lowest BCUT2D eigenvalue weighted by Gasteiger charge is -2.07. The molecule has 0 aromatic heterocycles. The molecule has 98 valence electrons. The fraction of sp³-hybridized carbons (Fsp3) is 0.133. The summed E-state index contributed by atoms with van der Waals surface area (Å²) in [4.78, 5) is 12.2. The Hall–Kier alpha value is -1.38. The first-order chi connectivity index (χ1) is 8.99. The fourth-order valence-corrected chi connectivity index (χ4v) is 2.24. The maximum atomic E-state index is 13.3. The van der Waals surface area contributed by atoms with Crippen LogP contribution in [0, 0.1) is 12.7 Å². The van der Waals surface area contributed by atoms with Crippen LogP contribution in [0.1, 0.15) is 21.5 Å². The van der Waals surface area contributed by atoms with Crippen LogP contribution in [0.3, 0.4) is 0 Å². The van der Waals surface area contributed by atoms with Gasteiger partial charge in [-0.3, -0.25) is 4.79 Å². The topological polar surface area (TPSA) is 17.1 Å². The molecular weight excluding hydrogens is 286 g/mol. The van der Waals surface area contributed by atoms with Crippen LogP contribution >= 0.6 is 23.2 Å². The van der Waals surface area contributed by atoms with E-state index in [-0.39, 0.29) is 17.2 Å². The molecule has 2 aromatic rings. The Kier molecular flexibility index (Phi) is 4.23. The number of hydrogen-bond donors (Lipinski definition) is 0. The van der Waals surface area contributed by atoms with Gasteiger partial charge in [-0.25, -0.2) is 4.39 Å². The van der Waals surface area contributed by atoms with Crippen LogP contribution in [-0.2, 0) is 6.42 Å². The first-order valence-electron chi connectivity index (χ1n) is 5.71. The van der Waals surface area contributed by atoms with Crippen LogP contribution in [0.2, 0.25) is 10.0 Å². The van der Waals surface area contributed by atoms with E-state index < -0.39 is 5.82 Å². The summed E-state index contributed by atoms with van der Waals surface area (Å²) in [6.45, 7) is 1.60. The molecule has 0 saturated carbocycles. The minimum atomic E-state index is -0.417. The predicted molar refractivity (Wildman–Crippen MR) is 75.6 cm³/mol. The van der Waals surface area contributed by atoms with Crippen LogP contribution in [0.5, 0.6) is 0 Å². The molecule has 1 nitrogen and oxygen atoms in total. The molecule has 0 fully saturated rings. The predicted octanol–water partition coefficient (Wildman–Crippen LogP) is 4.87. The van der Waals surface area contributed by atoms with Crippen molar-refractivity contribution in [1.29, 1.82) is 0 Å². The highest BCUT2D eigenvalue weighted by Crippen LogP contribution is 2.23. The number of carbonyl (C=O) groups excluding carboxylic acids is 1. The van der Waals surface area contributed by atoms with Gasteiger partial charge >= 0.3 is 0 Å². The summed E-state index contributed by atoms with van der Waals surface area (Å²) in [5, 5.41) is 0.658. The van der Waals surface area contributed by atoms with Crippen LogP contribution in [0.4, 0.5) is 4.39 Å². The molecule has 0 radical (unpaired) electrons. The Balaban J connectivity index is 2.31. The zero-order valence-corrected chi connectivity index (χ0v) is 11.7. The van der Waals surface area contributed by atoms with Crippen molar-refractivity contribution in [2.75, 3.05) is 0 Å². The van der Waals surface area contributed by atoms with Crippen LogP contribution < -0.4 is 0 Å². The quantitative estimate of drug-likeness (QED) is 0.739. The SMILES string of the molecule is Cc1cc(C(=O)Cc2ccccc2Cl)c(Cl)cc1F. The summed E-state index contributed by atoms with van der Waals surface area (Å²) < 4.78 is 13.3. The number of carbonyl (C=O) groups is 1. The molecule has 0 aliphatic carbocycles. The molecule has 0 spiro atoms. The van der Waals surface area contributed by atoms with Crippen LogP contribution in [0.15, 0.2) is 36.4 Å². The van der Waals surface area contributed by atoms with E-state index >= 15 is 0 Å². The molecule has 0 aliphatic rings. The summed E-state index contributed by atoms with van der Waals surface area (Å²) >= 11 is 11.9. The number of benzene rings is 2. The lowest BCUT2D eigenvalue weighted by Crippen LogP contribution is -2.06. The Labute approximate surface area is 121 Å². The van der Waals surface area contributed by atoms with Gasteiger partial charge in [-0.1, -0.05) is 41.4 Å². The molecule has 0 saturated heterocycles. The molecule has 0 aliphatic heterocycles. The smallest absolute Gasteiger partial charge is 0.168 e. The number of aryl methyl sites for hydroxylation is 1. The van der Waals surface area contributed by atoms with E-state index in [1.165, 1.54) is 6.07 Å². The molecule has 2 rings (SSSR count). The first-order valence-corrected chi connectivity index (χ1v) is 6.47. The second kappa shape index (κ2) is 5.72. The number of hydrogen-bond acceptors (Lipinski definition) is 1. The van der Waals surface area contributed by atoms with Crippen molar-refractivity contribution in [3.05, 3.63) is 69.0 Å². The second-order valence-corrected chi connectivity index (χ2v) is 5.09. The van der Waals surface area contributed by atoms with E-state index in [9.17, 15) is 9.18 Å². The van der Waals surface area contributed by atoms with Gasteiger partial charge in [-0.05, 0) is 36.2 Å². The molecule has 2 aromatic carbocycles. The Bertz CT molecular complexity index is 638. The Morgan fingerprint density at radius 3 is 2.53 bits per heavy atom. The minimum Gasteiger partial charge on any atom is -0.294 e. The maximum absolute atomic E-state index is 13.3. The van der Waals surface area contributed by atoms with Crippen LogP contribution in [-0.4, -0.2) is 5.78 Å². The van der Waals surface area contributed by atoms with E-state index in [0.29, 0.717) is 16.1 Å². The average Bonchev–Trinajstić information content (AvgIpc) is 2.36. The zero-order valence-electron chi connectivity index (χ0n) is 10.2. The number of ketones is 1. The van der Waals surface area contributed by atoms with E-state index in [2.05, 4.69) is 0 Å². The lowest BCUT2D eigenvalue weighted by atomic mass is 10.0. The van der Waals surface area contributed by atoms with Gasteiger partial charge in [0, 0.05) is 17.0 Å². The van der Waals surface area contributed by atoms with Crippen molar-refractivity contribution < 1.29 is 9.18 Å². The summed E-state index contributed by atoms with van der Waals surface area (Å²) in [6.07, 6.45) is 0.143. The van der Waals surface area contributed by atoms with Gasteiger partial charge < -0.3 is 0 Å². The van der Waals surface area contributed by atoms with E-state index in [1.54, 1.807) is 25.1 Å². The molecular formula is C15H11Cl2FO. The molecule has 0 heterocycles. The van der Waals surface area contributed by atoms with Gasteiger partial charge in [0.25, 0.3) is 0 Å².